The average molecular weight is 187 g/mol. The molecule has 0 aromatic rings. The third-order valence-corrected chi connectivity index (χ3v) is 1.84. The molecule has 0 radical (unpaired) electrons. The van der Waals surface area contributed by atoms with Crippen LogP contribution in [0.5, 0.6) is 0 Å². The summed E-state index contributed by atoms with van der Waals surface area (Å²) in [6, 6.07) is 0. The molecule has 66 valence electrons. The van der Waals surface area contributed by atoms with Crippen LogP contribution in [0.4, 0.5) is 0 Å². The summed E-state index contributed by atoms with van der Waals surface area (Å²) in [5.41, 5.74) is 4.93. The van der Waals surface area contributed by atoms with Crippen LogP contribution in [0.15, 0.2) is 0 Å². The summed E-state index contributed by atoms with van der Waals surface area (Å²) in [5, 5.41) is 3.08. The molecule has 0 bridgehead atoms. The smallest absolute Gasteiger partial charge is 0.237 e. The number of nitrogens with two attached hydrogens (primary N) is 1. The van der Waals surface area contributed by atoms with E-state index in [2.05, 4.69) is 5.32 Å². The lowest BCUT2D eigenvalue weighted by Gasteiger charge is -2.26. The van der Waals surface area contributed by atoms with Gasteiger partial charge in [0, 0.05) is 13.0 Å². The van der Waals surface area contributed by atoms with Crippen LogP contribution in [0.1, 0.15) is 6.42 Å². The Bertz CT molecular complexity index is 225. The molecule has 1 heterocycles. The molecule has 1 aliphatic heterocycles. The first-order valence-corrected chi connectivity index (χ1v) is 3.88. The van der Waals surface area contributed by atoms with Crippen molar-refractivity contribution in [3.05, 3.63) is 0 Å². The van der Waals surface area contributed by atoms with E-state index in [1.54, 1.807) is 0 Å². The Morgan fingerprint density at radius 1 is 1.75 bits per heavy atom. The second-order valence-electron chi connectivity index (χ2n) is 2.43. The molecule has 1 aliphatic rings. The van der Waals surface area contributed by atoms with E-state index >= 15 is 0 Å². The van der Waals surface area contributed by atoms with Crippen LogP contribution in [-0.4, -0.2) is 34.9 Å². The maximum Gasteiger partial charge on any atom is 0.237 e. The van der Waals surface area contributed by atoms with Gasteiger partial charge >= 0.3 is 0 Å². The number of nitrogens with zero attached hydrogens (tertiary/aromatic N) is 1. The van der Waals surface area contributed by atoms with E-state index in [4.69, 9.17) is 18.0 Å². The molecule has 12 heavy (non-hydrogen) atoms. The molecule has 6 heteroatoms. The predicted molar refractivity (Wildman–Crippen MR) is 46.1 cm³/mol. The number of amides is 2. The Labute approximate surface area is 74.9 Å². The van der Waals surface area contributed by atoms with E-state index in [0.717, 1.165) is 0 Å². The Hall–Kier alpha value is -1.17. The first-order valence-electron chi connectivity index (χ1n) is 3.48. The van der Waals surface area contributed by atoms with E-state index in [-0.39, 0.29) is 17.6 Å². The highest BCUT2D eigenvalue weighted by atomic mass is 32.1. The van der Waals surface area contributed by atoms with Crippen molar-refractivity contribution in [2.24, 2.45) is 5.73 Å². The number of carbonyl (C=O) groups is 2. The van der Waals surface area contributed by atoms with Crippen molar-refractivity contribution < 1.29 is 9.59 Å². The summed E-state index contributed by atoms with van der Waals surface area (Å²) >= 11 is 4.81. The monoisotopic (exact) mass is 187 g/mol. The Kier molecular flexibility index (Phi) is 2.59. The van der Waals surface area contributed by atoms with Crippen LogP contribution in [0.25, 0.3) is 0 Å². The number of hydrogen-bond donors (Lipinski definition) is 2. The molecule has 0 aromatic carbocycles. The molecule has 3 N–H and O–H groups in total. The highest BCUT2D eigenvalue weighted by Gasteiger charge is 2.23. The fourth-order valence-corrected chi connectivity index (χ4v) is 1.20. The molecule has 1 rings (SSSR count). The fraction of sp³-hybridized carbons (Fsp3) is 0.500. The second-order valence-corrected chi connectivity index (χ2v) is 2.81. The number of nitrogens with one attached hydrogen (secondary N) is 1. The molecule has 1 saturated heterocycles. The molecule has 2 amide bonds. The van der Waals surface area contributed by atoms with Crippen molar-refractivity contribution in [2.45, 2.75) is 6.42 Å². The number of thiocarbonyl (C=S) groups is 1. The predicted octanol–water partition coefficient (Wildman–Crippen LogP) is -1.42. The van der Waals surface area contributed by atoms with Crippen molar-refractivity contribution in [2.75, 3.05) is 13.1 Å². The maximum absolute atomic E-state index is 11.1. The van der Waals surface area contributed by atoms with E-state index in [1.807, 2.05) is 0 Å². The minimum atomic E-state index is -0.561. The quantitative estimate of drug-likeness (QED) is 0.520. The molecule has 0 unspecified atom stereocenters. The molecular weight excluding hydrogens is 178 g/mol. The lowest BCUT2D eigenvalue weighted by molar-refractivity contribution is -0.131. The van der Waals surface area contributed by atoms with Gasteiger partial charge in [0.2, 0.25) is 11.8 Å². The van der Waals surface area contributed by atoms with E-state index in [9.17, 15) is 9.59 Å². The normalized spacial score (nSPS) is 17.5. The first-order chi connectivity index (χ1) is 5.61. The molecule has 0 saturated carbocycles. The first kappa shape index (κ1) is 8.92. The van der Waals surface area contributed by atoms with E-state index < -0.39 is 5.91 Å². The summed E-state index contributed by atoms with van der Waals surface area (Å²) in [6.07, 6.45) is 0.355. The summed E-state index contributed by atoms with van der Waals surface area (Å²) in [6.45, 7) is 0.400. The number of rotatable bonds is 2. The van der Waals surface area contributed by atoms with Gasteiger partial charge in [0.25, 0.3) is 0 Å². The van der Waals surface area contributed by atoms with Gasteiger partial charge in [-0.3, -0.25) is 14.5 Å². The number of carbonyl (C=O) groups excluding carboxylic acids is 2. The van der Waals surface area contributed by atoms with Crippen molar-refractivity contribution in [1.82, 2.24) is 10.2 Å². The van der Waals surface area contributed by atoms with Gasteiger partial charge in [-0.2, -0.15) is 0 Å². The zero-order valence-electron chi connectivity index (χ0n) is 6.37. The Morgan fingerprint density at radius 2 is 2.42 bits per heavy atom. The lowest BCUT2D eigenvalue weighted by atomic mass is 10.3. The van der Waals surface area contributed by atoms with Gasteiger partial charge in [-0.05, 0) is 12.2 Å². The summed E-state index contributed by atoms with van der Waals surface area (Å²) in [4.78, 5) is 22.8. The fourth-order valence-electron chi connectivity index (χ4n) is 0.936. The van der Waals surface area contributed by atoms with Gasteiger partial charge in [-0.15, -0.1) is 0 Å². The number of primary amides is 1. The second kappa shape index (κ2) is 3.48. The summed E-state index contributed by atoms with van der Waals surface area (Å²) in [5.74, 6) is -0.716. The van der Waals surface area contributed by atoms with Gasteiger partial charge in [0.1, 0.15) is 6.54 Å². The third-order valence-electron chi connectivity index (χ3n) is 1.48. The molecule has 1 fully saturated rings. The molecule has 5 nitrogen and oxygen atoms in total. The van der Waals surface area contributed by atoms with E-state index in [1.165, 1.54) is 4.90 Å². The largest absolute Gasteiger partial charge is 0.368 e. The molecular formula is C6H9N3O2S. The zero-order chi connectivity index (χ0) is 9.14. The average Bonchev–Trinajstić information content (AvgIpc) is 1.97. The minimum Gasteiger partial charge on any atom is -0.368 e. The summed E-state index contributed by atoms with van der Waals surface area (Å²) < 4.78 is 0. The maximum atomic E-state index is 11.1. The van der Waals surface area contributed by atoms with Crippen LogP contribution in [0, 0.1) is 0 Å². The topological polar surface area (TPSA) is 75.4 Å². The number of hydrogen-bond acceptors (Lipinski definition) is 3. The summed E-state index contributed by atoms with van der Waals surface area (Å²) in [7, 11) is 0. The van der Waals surface area contributed by atoms with E-state index in [0.29, 0.717) is 13.0 Å². The molecule has 0 spiro atoms. The Balaban J connectivity index is 2.63. The van der Waals surface area contributed by atoms with Gasteiger partial charge in [-0.25, -0.2) is 0 Å². The zero-order valence-corrected chi connectivity index (χ0v) is 7.19. The van der Waals surface area contributed by atoms with Crippen molar-refractivity contribution in [3.8, 4) is 0 Å². The van der Waals surface area contributed by atoms with Crippen LogP contribution >= 0.6 is 12.2 Å². The van der Waals surface area contributed by atoms with Crippen molar-refractivity contribution in [3.63, 3.8) is 0 Å². The third kappa shape index (κ3) is 1.91. The van der Waals surface area contributed by atoms with Gasteiger partial charge in [-0.1, -0.05) is 0 Å². The van der Waals surface area contributed by atoms with Gasteiger partial charge in [0.05, 0.1) is 0 Å². The highest BCUT2D eigenvalue weighted by Crippen LogP contribution is 2.00. The lowest BCUT2D eigenvalue weighted by Crippen LogP contribution is -2.52. The van der Waals surface area contributed by atoms with Crippen LogP contribution < -0.4 is 11.1 Å². The van der Waals surface area contributed by atoms with Crippen LogP contribution in [0.2, 0.25) is 0 Å². The van der Waals surface area contributed by atoms with Crippen LogP contribution in [-0.2, 0) is 9.59 Å². The van der Waals surface area contributed by atoms with Crippen LogP contribution in [0.3, 0.4) is 0 Å². The van der Waals surface area contributed by atoms with Crippen molar-refractivity contribution in [1.29, 1.82) is 0 Å². The molecule has 0 aromatic heterocycles. The van der Waals surface area contributed by atoms with Gasteiger partial charge < -0.3 is 11.1 Å². The highest BCUT2D eigenvalue weighted by molar-refractivity contribution is 7.80. The molecule has 0 aliphatic carbocycles. The molecule has 0 atom stereocenters. The van der Waals surface area contributed by atoms with Gasteiger partial charge in [0.15, 0.2) is 5.11 Å². The SMILES string of the molecule is NC(=O)CN1C(=O)CCNC1=S. The minimum absolute atomic E-state index is 0.134. The Morgan fingerprint density at radius 3 is 2.92 bits per heavy atom. The standard InChI is InChI=1S/C6H9N3O2S/c7-4(10)3-9-5(11)1-2-8-6(9)12/h1-3H2,(H2,7,10)(H,8,12). The van der Waals surface area contributed by atoms with Crippen molar-refractivity contribution >= 4 is 29.1 Å².